The maximum atomic E-state index is 11.5. The zero-order valence-electron chi connectivity index (χ0n) is 10.2. The lowest BCUT2D eigenvalue weighted by Crippen LogP contribution is -2.30. The molecule has 2 N–H and O–H groups in total. The van der Waals surface area contributed by atoms with Gasteiger partial charge in [0.1, 0.15) is 0 Å². The molecule has 2 amide bonds. The second-order valence-corrected chi connectivity index (χ2v) is 3.84. The van der Waals surface area contributed by atoms with Crippen molar-refractivity contribution in [2.24, 2.45) is 0 Å². The fourth-order valence-corrected chi connectivity index (χ4v) is 1.44. The molecule has 4 nitrogen and oxygen atoms in total. The van der Waals surface area contributed by atoms with Crippen LogP contribution >= 0.6 is 0 Å². The summed E-state index contributed by atoms with van der Waals surface area (Å²) in [5.41, 5.74) is 1.08. The van der Waals surface area contributed by atoms with Crippen molar-refractivity contribution in [3.05, 3.63) is 29.8 Å². The van der Waals surface area contributed by atoms with Crippen molar-refractivity contribution in [1.82, 2.24) is 5.32 Å². The number of ketones is 1. The molecule has 1 aromatic rings. The number of nitrogens with one attached hydrogen (secondary N) is 2. The number of hydrogen-bond acceptors (Lipinski definition) is 2. The summed E-state index contributed by atoms with van der Waals surface area (Å²) in [7, 11) is 0. The minimum Gasteiger partial charge on any atom is -0.338 e. The first-order chi connectivity index (χ1) is 8.15. The Balaban J connectivity index is 2.61. The van der Waals surface area contributed by atoms with Crippen LogP contribution < -0.4 is 10.6 Å². The van der Waals surface area contributed by atoms with Crippen molar-refractivity contribution in [3.8, 4) is 0 Å². The van der Waals surface area contributed by atoms with Gasteiger partial charge in [0.2, 0.25) is 0 Å². The standard InChI is InChI=1S/C13H18N2O2/c1-3-4-9-14-13(17)15-12-8-6-5-7-11(12)10(2)16/h5-8H,3-4,9H2,1-2H3,(H2,14,15,17). The third-order valence-corrected chi connectivity index (χ3v) is 2.37. The van der Waals surface area contributed by atoms with E-state index in [4.69, 9.17) is 0 Å². The Morgan fingerprint density at radius 3 is 2.59 bits per heavy atom. The van der Waals surface area contributed by atoms with Gasteiger partial charge >= 0.3 is 6.03 Å². The Morgan fingerprint density at radius 1 is 1.24 bits per heavy atom. The Labute approximate surface area is 101 Å². The number of unbranched alkanes of at least 4 members (excludes halogenated alkanes) is 1. The summed E-state index contributed by atoms with van der Waals surface area (Å²) in [6.07, 6.45) is 1.98. The molecule has 1 rings (SSSR count). The molecule has 0 unspecified atom stereocenters. The molecule has 17 heavy (non-hydrogen) atoms. The van der Waals surface area contributed by atoms with E-state index in [1.807, 2.05) is 0 Å². The van der Waals surface area contributed by atoms with Gasteiger partial charge in [-0.1, -0.05) is 25.5 Å². The molecule has 0 bridgehead atoms. The number of carbonyl (C=O) groups excluding carboxylic acids is 2. The number of Topliss-reactive ketones (excluding diaryl/α,β-unsaturated/α-hetero) is 1. The molecule has 0 aliphatic heterocycles. The van der Waals surface area contributed by atoms with Crippen molar-refractivity contribution >= 4 is 17.5 Å². The highest BCUT2D eigenvalue weighted by molar-refractivity contribution is 6.03. The van der Waals surface area contributed by atoms with Crippen LogP contribution in [0, 0.1) is 0 Å². The summed E-state index contributed by atoms with van der Waals surface area (Å²) < 4.78 is 0. The Hall–Kier alpha value is -1.84. The summed E-state index contributed by atoms with van der Waals surface area (Å²) in [4.78, 5) is 22.9. The van der Waals surface area contributed by atoms with E-state index in [-0.39, 0.29) is 11.8 Å². The van der Waals surface area contributed by atoms with E-state index in [0.717, 1.165) is 12.8 Å². The van der Waals surface area contributed by atoms with Crippen LogP contribution in [-0.2, 0) is 0 Å². The third-order valence-electron chi connectivity index (χ3n) is 2.37. The van der Waals surface area contributed by atoms with Crippen LogP contribution in [0.2, 0.25) is 0 Å². The van der Waals surface area contributed by atoms with Crippen molar-refractivity contribution in [3.63, 3.8) is 0 Å². The number of amides is 2. The molecule has 0 fully saturated rings. The van der Waals surface area contributed by atoms with Gasteiger partial charge in [-0.05, 0) is 25.5 Å². The number of carbonyl (C=O) groups is 2. The predicted molar refractivity (Wildman–Crippen MR) is 68.4 cm³/mol. The number of anilines is 1. The van der Waals surface area contributed by atoms with Crippen LogP contribution in [-0.4, -0.2) is 18.4 Å². The largest absolute Gasteiger partial charge is 0.338 e. The molecule has 0 aliphatic carbocycles. The van der Waals surface area contributed by atoms with Gasteiger partial charge in [0, 0.05) is 12.1 Å². The first-order valence-corrected chi connectivity index (χ1v) is 5.80. The van der Waals surface area contributed by atoms with E-state index in [1.165, 1.54) is 6.92 Å². The topological polar surface area (TPSA) is 58.2 Å². The molecule has 4 heteroatoms. The van der Waals surface area contributed by atoms with Gasteiger partial charge in [0.25, 0.3) is 0 Å². The molecule has 0 atom stereocenters. The van der Waals surface area contributed by atoms with Crippen LogP contribution in [0.4, 0.5) is 10.5 Å². The summed E-state index contributed by atoms with van der Waals surface area (Å²) in [5, 5.41) is 5.42. The quantitative estimate of drug-likeness (QED) is 0.608. The van der Waals surface area contributed by atoms with Crippen LogP contribution in [0.3, 0.4) is 0 Å². The van der Waals surface area contributed by atoms with Crippen molar-refractivity contribution < 1.29 is 9.59 Å². The van der Waals surface area contributed by atoms with Crippen molar-refractivity contribution in [2.75, 3.05) is 11.9 Å². The minimum atomic E-state index is -0.271. The Morgan fingerprint density at radius 2 is 1.94 bits per heavy atom. The summed E-state index contributed by atoms with van der Waals surface area (Å²) in [5.74, 6) is -0.0607. The van der Waals surface area contributed by atoms with Crippen LogP contribution in [0.15, 0.2) is 24.3 Å². The third kappa shape index (κ3) is 4.26. The number of benzene rings is 1. The SMILES string of the molecule is CCCCNC(=O)Nc1ccccc1C(C)=O. The molecule has 1 aromatic carbocycles. The van der Waals surface area contributed by atoms with Crippen LogP contribution in [0.25, 0.3) is 0 Å². The first kappa shape index (κ1) is 13.2. The molecule has 0 radical (unpaired) electrons. The molecule has 0 saturated heterocycles. The monoisotopic (exact) mass is 234 g/mol. The van der Waals surface area contributed by atoms with E-state index in [2.05, 4.69) is 17.6 Å². The van der Waals surface area contributed by atoms with Crippen molar-refractivity contribution in [2.45, 2.75) is 26.7 Å². The molecule has 92 valence electrons. The number of para-hydroxylation sites is 1. The Bertz CT molecular complexity index is 402. The molecular weight excluding hydrogens is 216 g/mol. The van der Waals surface area contributed by atoms with Crippen LogP contribution in [0.1, 0.15) is 37.0 Å². The predicted octanol–water partition coefficient (Wildman–Crippen LogP) is 2.81. The summed E-state index contributed by atoms with van der Waals surface area (Å²) >= 11 is 0. The lowest BCUT2D eigenvalue weighted by Gasteiger charge is -2.09. The van der Waals surface area contributed by atoms with Crippen LogP contribution in [0.5, 0.6) is 0 Å². The van der Waals surface area contributed by atoms with E-state index in [1.54, 1.807) is 24.3 Å². The van der Waals surface area contributed by atoms with Gasteiger partial charge in [-0.15, -0.1) is 0 Å². The molecular formula is C13H18N2O2. The van der Waals surface area contributed by atoms with Gasteiger partial charge < -0.3 is 10.6 Å². The van der Waals surface area contributed by atoms with Gasteiger partial charge in [0.05, 0.1) is 5.69 Å². The maximum Gasteiger partial charge on any atom is 0.319 e. The molecule has 0 aliphatic rings. The van der Waals surface area contributed by atoms with Gasteiger partial charge in [0.15, 0.2) is 5.78 Å². The Kier molecular flexibility index (Phi) is 5.20. The number of rotatable bonds is 5. The van der Waals surface area contributed by atoms with Gasteiger partial charge in [-0.3, -0.25) is 4.79 Å². The fraction of sp³-hybridized carbons (Fsp3) is 0.385. The lowest BCUT2D eigenvalue weighted by atomic mass is 10.1. The molecule has 0 heterocycles. The average Bonchev–Trinajstić information content (AvgIpc) is 2.29. The average molecular weight is 234 g/mol. The van der Waals surface area contributed by atoms with E-state index in [0.29, 0.717) is 17.8 Å². The summed E-state index contributed by atoms with van der Waals surface area (Å²) in [6, 6.07) is 6.71. The lowest BCUT2D eigenvalue weighted by molar-refractivity contribution is 0.101. The van der Waals surface area contributed by atoms with E-state index >= 15 is 0 Å². The van der Waals surface area contributed by atoms with E-state index in [9.17, 15) is 9.59 Å². The second-order valence-electron chi connectivity index (χ2n) is 3.84. The molecule has 0 aromatic heterocycles. The minimum absolute atomic E-state index is 0.0607. The smallest absolute Gasteiger partial charge is 0.319 e. The zero-order chi connectivity index (χ0) is 12.7. The number of urea groups is 1. The highest BCUT2D eigenvalue weighted by atomic mass is 16.2. The first-order valence-electron chi connectivity index (χ1n) is 5.80. The number of hydrogen-bond donors (Lipinski definition) is 2. The maximum absolute atomic E-state index is 11.5. The second kappa shape index (κ2) is 6.68. The van der Waals surface area contributed by atoms with Gasteiger partial charge in [-0.2, -0.15) is 0 Å². The zero-order valence-corrected chi connectivity index (χ0v) is 10.2. The summed E-state index contributed by atoms with van der Waals surface area (Å²) in [6.45, 7) is 4.19. The van der Waals surface area contributed by atoms with E-state index < -0.39 is 0 Å². The highest BCUT2D eigenvalue weighted by Crippen LogP contribution is 2.15. The van der Waals surface area contributed by atoms with Crippen molar-refractivity contribution in [1.29, 1.82) is 0 Å². The molecule has 0 saturated carbocycles. The highest BCUT2D eigenvalue weighted by Gasteiger charge is 2.08. The van der Waals surface area contributed by atoms with Gasteiger partial charge in [-0.25, -0.2) is 4.79 Å². The normalized spacial score (nSPS) is 9.76. The fourth-order valence-electron chi connectivity index (χ4n) is 1.44. The molecule has 0 spiro atoms.